The molecule has 3 rings (SSSR count). The number of hydrogen-bond acceptors (Lipinski definition) is 5. The number of pyridine rings is 1. The molecule has 1 aliphatic rings. The first-order valence-corrected chi connectivity index (χ1v) is 9.26. The summed E-state index contributed by atoms with van der Waals surface area (Å²) < 4.78 is 4.73. The van der Waals surface area contributed by atoms with Crippen molar-refractivity contribution in [3.63, 3.8) is 0 Å². The van der Waals surface area contributed by atoms with Gasteiger partial charge in [-0.25, -0.2) is 9.78 Å². The second-order valence-electron chi connectivity index (χ2n) is 6.72. The zero-order chi connectivity index (χ0) is 19.4. The van der Waals surface area contributed by atoms with Crippen LogP contribution in [0.1, 0.15) is 40.5 Å². The summed E-state index contributed by atoms with van der Waals surface area (Å²) in [7, 11) is 1.32. The fourth-order valence-corrected chi connectivity index (χ4v) is 3.19. The van der Waals surface area contributed by atoms with Crippen LogP contribution in [-0.2, 0) is 4.74 Å². The number of carbonyl (C=O) groups excluding carboxylic acids is 2. The van der Waals surface area contributed by atoms with Crippen LogP contribution in [0.3, 0.4) is 0 Å². The van der Waals surface area contributed by atoms with Crippen LogP contribution in [0.15, 0.2) is 36.5 Å². The molecule has 0 saturated carbocycles. The first-order valence-electron chi connectivity index (χ1n) is 8.88. The third-order valence-electron chi connectivity index (χ3n) is 4.73. The Kier molecular flexibility index (Phi) is 5.96. The molecule has 1 amide bonds. The summed E-state index contributed by atoms with van der Waals surface area (Å²) >= 11 is 6.21. The number of carbonyl (C=O) groups is 2. The lowest BCUT2D eigenvalue weighted by molar-refractivity contribution is 0.0600. The Morgan fingerprint density at radius 3 is 2.63 bits per heavy atom. The fraction of sp³-hybridized carbons (Fsp3) is 0.350. The van der Waals surface area contributed by atoms with E-state index in [-0.39, 0.29) is 5.91 Å². The lowest BCUT2D eigenvalue weighted by atomic mass is 9.99. The highest BCUT2D eigenvalue weighted by Gasteiger charge is 2.21. The van der Waals surface area contributed by atoms with Gasteiger partial charge in [-0.1, -0.05) is 18.5 Å². The maximum atomic E-state index is 12.7. The van der Waals surface area contributed by atoms with Gasteiger partial charge in [0.15, 0.2) is 0 Å². The highest BCUT2D eigenvalue weighted by Crippen LogP contribution is 2.27. The molecule has 1 saturated heterocycles. The van der Waals surface area contributed by atoms with Crippen molar-refractivity contribution in [1.29, 1.82) is 0 Å². The zero-order valence-electron chi connectivity index (χ0n) is 15.4. The number of rotatable bonds is 4. The van der Waals surface area contributed by atoms with E-state index >= 15 is 0 Å². The molecule has 0 radical (unpaired) electrons. The van der Waals surface area contributed by atoms with Gasteiger partial charge in [0.2, 0.25) is 0 Å². The number of ether oxygens (including phenoxy) is 1. The average Bonchev–Trinajstić information content (AvgIpc) is 2.69. The van der Waals surface area contributed by atoms with Gasteiger partial charge >= 0.3 is 5.97 Å². The topological polar surface area (TPSA) is 71.5 Å². The molecule has 1 aromatic heterocycles. The van der Waals surface area contributed by atoms with Gasteiger partial charge in [-0.3, -0.25) is 4.79 Å². The predicted octanol–water partition coefficient (Wildman–Crippen LogP) is 4.14. The number of nitrogens with one attached hydrogen (secondary N) is 1. The van der Waals surface area contributed by atoms with E-state index < -0.39 is 5.97 Å². The van der Waals surface area contributed by atoms with Crippen LogP contribution in [0.4, 0.5) is 11.5 Å². The van der Waals surface area contributed by atoms with Crippen LogP contribution in [0, 0.1) is 5.92 Å². The van der Waals surface area contributed by atoms with Crippen molar-refractivity contribution in [3.8, 4) is 0 Å². The average molecular weight is 388 g/mol. The van der Waals surface area contributed by atoms with Gasteiger partial charge in [-0.15, -0.1) is 0 Å². The molecule has 0 unspecified atom stereocenters. The second kappa shape index (κ2) is 8.39. The molecule has 0 bridgehead atoms. The van der Waals surface area contributed by atoms with Crippen LogP contribution in [-0.4, -0.2) is 42.0 Å². The Labute approximate surface area is 163 Å². The molecule has 0 atom stereocenters. The number of esters is 1. The number of nitrogens with zero attached hydrogens (tertiary/aromatic N) is 2. The lowest BCUT2D eigenvalue weighted by Crippen LogP contribution is -2.37. The second-order valence-corrected chi connectivity index (χ2v) is 7.12. The van der Waals surface area contributed by atoms with E-state index in [2.05, 4.69) is 17.2 Å². The van der Waals surface area contributed by atoms with Gasteiger partial charge in [0.25, 0.3) is 5.91 Å². The number of halogens is 1. The van der Waals surface area contributed by atoms with Gasteiger partial charge in [0.1, 0.15) is 5.82 Å². The normalized spacial score (nSPS) is 14.7. The number of methoxy groups -OCH3 is 1. The molecule has 1 fully saturated rings. The van der Waals surface area contributed by atoms with Gasteiger partial charge in [-0.05, 0) is 49.1 Å². The maximum Gasteiger partial charge on any atom is 0.337 e. The summed E-state index contributed by atoms with van der Waals surface area (Å²) in [5.41, 5.74) is 1.46. The van der Waals surface area contributed by atoms with E-state index in [1.54, 1.807) is 36.5 Å². The van der Waals surface area contributed by atoms with Crippen molar-refractivity contribution >= 4 is 35.0 Å². The van der Waals surface area contributed by atoms with Crippen LogP contribution in [0.2, 0.25) is 5.02 Å². The molecular formula is C20H22ClN3O3. The lowest BCUT2D eigenvalue weighted by Gasteiger charge is -2.30. The molecule has 2 aromatic rings. The van der Waals surface area contributed by atoms with E-state index in [9.17, 15) is 9.59 Å². The van der Waals surface area contributed by atoms with Gasteiger partial charge in [0, 0.05) is 24.8 Å². The van der Waals surface area contributed by atoms with E-state index in [0.717, 1.165) is 25.9 Å². The van der Waals surface area contributed by atoms with Crippen molar-refractivity contribution in [2.45, 2.75) is 19.8 Å². The highest BCUT2D eigenvalue weighted by atomic mass is 35.5. The molecule has 1 N–H and O–H groups in total. The first-order chi connectivity index (χ1) is 13.0. The van der Waals surface area contributed by atoms with E-state index in [0.29, 0.717) is 33.6 Å². The predicted molar refractivity (Wildman–Crippen MR) is 105 cm³/mol. The Balaban J connectivity index is 1.78. The number of amides is 1. The maximum absolute atomic E-state index is 12.7. The number of likely N-dealkylation sites (tertiary alicyclic amines) is 1. The summed E-state index contributed by atoms with van der Waals surface area (Å²) in [4.78, 5) is 30.6. The molecular weight excluding hydrogens is 366 g/mol. The summed E-state index contributed by atoms with van der Waals surface area (Å²) in [6.07, 6.45) is 3.63. The SMILES string of the molecule is COC(=O)c1ccc(Cl)c(Nc2cc(C(=O)N3CCC(C)CC3)ccn2)c1. The summed E-state index contributed by atoms with van der Waals surface area (Å²) in [6.45, 7) is 3.76. The standard InChI is InChI=1S/C20H22ClN3O3/c1-13-6-9-24(10-7-13)19(25)14-5-8-22-18(12-14)23-17-11-15(20(26)27-2)3-4-16(17)21/h3-5,8,11-13H,6-7,9-10H2,1-2H3,(H,22,23). The van der Waals surface area contributed by atoms with Crippen molar-refractivity contribution in [1.82, 2.24) is 9.88 Å². The minimum absolute atomic E-state index is 0.00163. The van der Waals surface area contributed by atoms with E-state index in [1.165, 1.54) is 7.11 Å². The molecule has 7 heteroatoms. The first kappa shape index (κ1) is 19.2. The van der Waals surface area contributed by atoms with Crippen molar-refractivity contribution in [3.05, 3.63) is 52.7 Å². The number of hydrogen-bond donors (Lipinski definition) is 1. The Morgan fingerprint density at radius 1 is 1.19 bits per heavy atom. The Morgan fingerprint density at radius 2 is 1.93 bits per heavy atom. The number of anilines is 2. The minimum atomic E-state index is -0.453. The molecule has 27 heavy (non-hydrogen) atoms. The molecule has 0 aliphatic carbocycles. The van der Waals surface area contributed by atoms with Gasteiger partial charge in [-0.2, -0.15) is 0 Å². The quantitative estimate of drug-likeness (QED) is 0.798. The Hall–Kier alpha value is -2.60. The zero-order valence-corrected chi connectivity index (χ0v) is 16.1. The molecule has 2 heterocycles. The highest BCUT2D eigenvalue weighted by molar-refractivity contribution is 6.33. The number of benzene rings is 1. The monoisotopic (exact) mass is 387 g/mol. The largest absolute Gasteiger partial charge is 0.465 e. The summed E-state index contributed by atoms with van der Waals surface area (Å²) in [5.74, 6) is 0.691. The van der Waals surface area contributed by atoms with E-state index in [1.807, 2.05) is 4.90 Å². The van der Waals surface area contributed by atoms with Crippen molar-refractivity contribution in [2.75, 3.05) is 25.5 Å². The third-order valence-corrected chi connectivity index (χ3v) is 5.06. The van der Waals surface area contributed by atoms with E-state index in [4.69, 9.17) is 16.3 Å². The van der Waals surface area contributed by atoms with Crippen molar-refractivity contribution in [2.24, 2.45) is 5.92 Å². The number of piperidine rings is 1. The fourth-order valence-electron chi connectivity index (χ4n) is 3.03. The van der Waals surface area contributed by atoms with Crippen molar-refractivity contribution < 1.29 is 14.3 Å². The molecule has 0 spiro atoms. The van der Waals surface area contributed by atoms with Crippen LogP contribution >= 0.6 is 11.6 Å². The van der Waals surface area contributed by atoms with Crippen LogP contribution in [0.25, 0.3) is 0 Å². The minimum Gasteiger partial charge on any atom is -0.465 e. The summed E-state index contributed by atoms with van der Waals surface area (Å²) in [5, 5.41) is 3.51. The molecule has 6 nitrogen and oxygen atoms in total. The number of aromatic nitrogens is 1. The smallest absolute Gasteiger partial charge is 0.337 e. The summed E-state index contributed by atoms with van der Waals surface area (Å²) in [6, 6.07) is 8.19. The van der Waals surface area contributed by atoms with Crippen LogP contribution in [0.5, 0.6) is 0 Å². The van der Waals surface area contributed by atoms with Crippen LogP contribution < -0.4 is 5.32 Å². The molecule has 1 aromatic carbocycles. The molecule has 1 aliphatic heterocycles. The van der Waals surface area contributed by atoms with Gasteiger partial charge in [0.05, 0.1) is 23.4 Å². The third kappa shape index (κ3) is 4.57. The molecule has 142 valence electrons. The van der Waals surface area contributed by atoms with Gasteiger partial charge < -0.3 is 15.0 Å². The Bertz CT molecular complexity index is 848.